The summed E-state index contributed by atoms with van der Waals surface area (Å²) in [7, 11) is -7.13. The van der Waals surface area contributed by atoms with Gasteiger partial charge in [0, 0.05) is 0 Å². The highest BCUT2D eigenvalue weighted by molar-refractivity contribution is 7.86. The Kier molecular flexibility index (Phi) is 15.8. The minimum absolute atomic E-state index is 1.28. The number of halogens is 16. The third-order valence-corrected chi connectivity index (χ3v) is 7.25. The number of rotatable bonds is 16. The van der Waals surface area contributed by atoms with Crippen LogP contribution in [0.3, 0.4) is 0 Å². The summed E-state index contributed by atoms with van der Waals surface area (Å²) in [5.74, 6) is -22.3. The Hall–Kier alpha value is -1.25. The molecule has 8 atom stereocenters. The van der Waals surface area contributed by atoms with Gasteiger partial charge in [-0.15, -0.1) is 0 Å². The van der Waals surface area contributed by atoms with Gasteiger partial charge in [0.1, 0.15) is 10.1 Å². The topological polar surface area (TPSA) is 57.2 Å². The fourth-order valence-electron chi connectivity index (χ4n) is 3.26. The van der Waals surface area contributed by atoms with Crippen molar-refractivity contribution in [1.29, 1.82) is 0 Å². The van der Waals surface area contributed by atoms with E-state index in [1.54, 1.807) is 0 Å². The lowest BCUT2D eigenvalue weighted by molar-refractivity contribution is -0.921. The van der Waals surface area contributed by atoms with Gasteiger partial charge in [0.2, 0.25) is 6.17 Å². The molecule has 0 spiro atoms. The standard InChI is InChI=1S/C12H10F16O3S.C8H20N/c13-1(2(14)4(16)6(18)8(20)21)3(15)5(17)7(19)10(23,24)12(27,28)11(25,26)9(22)32(29,30)31;1-5-9(6-2,7-3)8-4/h1-9H,(H,29,30,31);5-8H2,1-4H3/q;+1/p-1. The van der Waals surface area contributed by atoms with Crippen LogP contribution in [-0.2, 0) is 10.1 Å². The molecule has 250 valence electrons. The molecule has 0 rings (SSSR count). The zero-order valence-corrected chi connectivity index (χ0v) is 22.5. The molecule has 0 fully saturated rings. The van der Waals surface area contributed by atoms with Gasteiger partial charge in [-0.05, 0) is 27.7 Å². The minimum Gasteiger partial charge on any atom is -0.746 e. The second-order valence-electron chi connectivity index (χ2n) is 8.64. The first-order valence-corrected chi connectivity index (χ1v) is 13.0. The van der Waals surface area contributed by atoms with Gasteiger partial charge in [0.05, 0.1) is 26.2 Å². The summed E-state index contributed by atoms with van der Waals surface area (Å²) in [5, 5.41) is 0. The van der Waals surface area contributed by atoms with E-state index in [0.29, 0.717) is 0 Å². The molecular formula is C20H29F16NO3S. The second-order valence-corrected chi connectivity index (χ2v) is 10.0. The van der Waals surface area contributed by atoms with E-state index in [1.165, 1.54) is 30.7 Å². The highest BCUT2D eigenvalue weighted by Gasteiger charge is 2.79. The van der Waals surface area contributed by atoms with E-state index in [0.717, 1.165) is 0 Å². The molecule has 0 aromatic rings. The average molecular weight is 667 g/mol. The second kappa shape index (κ2) is 15.5. The molecule has 0 aliphatic carbocycles. The molecule has 0 N–H and O–H groups in total. The van der Waals surface area contributed by atoms with Crippen molar-refractivity contribution in [2.45, 2.75) is 101 Å². The van der Waals surface area contributed by atoms with Crippen LogP contribution in [0.1, 0.15) is 27.7 Å². The predicted octanol–water partition coefficient (Wildman–Crippen LogP) is 6.25. The van der Waals surface area contributed by atoms with Crippen molar-refractivity contribution in [1.82, 2.24) is 0 Å². The van der Waals surface area contributed by atoms with Crippen LogP contribution in [0.25, 0.3) is 0 Å². The molecule has 0 saturated heterocycles. The van der Waals surface area contributed by atoms with Crippen LogP contribution >= 0.6 is 0 Å². The van der Waals surface area contributed by atoms with Crippen LogP contribution in [0.4, 0.5) is 70.2 Å². The molecular weight excluding hydrogens is 638 g/mol. The molecule has 41 heavy (non-hydrogen) atoms. The van der Waals surface area contributed by atoms with E-state index in [1.807, 2.05) is 0 Å². The van der Waals surface area contributed by atoms with Crippen LogP contribution < -0.4 is 0 Å². The maximum absolute atomic E-state index is 13.4. The lowest BCUT2D eigenvalue weighted by Gasteiger charge is -2.37. The quantitative estimate of drug-likeness (QED) is 0.111. The highest BCUT2D eigenvalue weighted by atomic mass is 32.2. The lowest BCUT2D eigenvalue weighted by Crippen LogP contribution is -2.65. The molecule has 0 radical (unpaired) electrons. The van der Waals surface area contributed by atoms with Crippen molar-refractivity contribution in [3.05, 3.63) is 0 Å². The van der Waals surface area contributed by atoms with E-state index < -0.39 is 83.0 Å². The molecule has 0 aromatic carbocycles. The Labute approximate surface area is 225 Å². The van der Waals surface area contributed by atoms with Crippen molar-refractivity contribution in [2.75, 3.05) is 26.2 Å². The van der Waals surface area contributed by atoms with Crippen molar-refractivity contribution >= 4 is 10.1 Å². The summed E-state index contributed by atoms with van der Waals surface area (Å²) in [5.41, 5.74) is -5.69. The minimum atomic E-state index is -7.64. The maximum Gasteiger partial charge on any atom is 0.379 e. The molecule has 0 aliphatic rings. The fraction of sp³-hybridized carbons (Fsp3) is 1.00. The summed E-state index contributed by atoms with van der Waals surface area (Å²) >= 11 is 0. The van der Waals surface area contributed by atoms with E-state index in [9.17, 15) is 83.2 Å². The molecule has 0 heterocycles. The van der Waals surface area contributed by atoms with Crippen molar-refractivity contribution in [2.24, 2.45) is 0 Å². The summed E-state index contributed by atoms with van der Waals surface area (Å²) in [6.45, 7) is 14.2. The lowest BCUT2D eigenvalue weighted by atomic mass is 9.93. The molecule has 4 nitrogen and oxygen atoms in total. The van der Waals surface area contributed by atoms with E-state index in [4.69, 9.17) is 0 Å². The SMILES string of the molecule is CC[N+](CC)(CC)CC.O=S(=O)([O-])C(F)C(F)(F)C(F)(F)C(F)(F)C(F)C(F)C(F)C(F)C(F)C(F)C(F)C(F)F. The molecule has 0 amide bonds. The Morgan fingerprint density at radius 3 is 1.10 bits per heavy atom. The molecule has 0 saturated carbocycles. The summed E-state index contributed by atoms with van der Waals surface area (Å²) < 4.78 is 240. The number of hydrogen-bond donors (Lipinski definition) is 0. The Morgan fingerprint density at radius 1 is 0.561 bits per heavy atom. The Bertz CT molecular complexity index is 859. The first-order valence-electron chi connectivity index (χ1n) is 11.6. The average Bonchev–Trinajstić information content (AvgIpc) is 2.90. The molecule has 0 aromatic heterocycles. The van der Waals surface area contributed by atoms with Crippen LogP contribution in [0.5, 0.6) is 0 Å². The monoisotopic (exact) mass is 667 g/mol. The Balaban J connectivity index is 0. The van der Waals surface area contributed by atoms with E-state index in [2.05, 4.69) is 27.7 Å². The normalized spacial score (nSPS) is 19.9. The highest BCUT2D eigenvalue weighted by Crippen LogP contribution is 2.52. The van der Waals surface area contributed by atoms with E-state index >= 15 is 0 Å². The zero-order chi connectivity index (χ0) is 33.5. The smallest absolute Gasteiger partial charge is 0.379 e. The van der Waals surface area contributed by atoms with Gasteiger partial charge >= 0.3 is 17.8 Å². The number of nitrogens with zero attached hydrogens (tertiary/aromatic N) is 1. The summed E-state index contributed by atoms with van der Waals surface area (Å²) in [4.78, 5) is 0. The predicted molar refractivity (Wildman–Crippen MR) is 112 cm³/mol. The summed E-state index contributed by atoms with van der Waals surface area (Å²) in [6.07, 6.45) is -37.7. The molecule has 0 bridgehead atoms. The van der Waals surface area contributed by atoms with Crippen LogP contribution in [-0.4, -0.2) is 117 Å². The number of quaternary nitrogens is 1. The maximum atomic E-state index is 13.4. The van der Waals surface area contributed by atoms with E-state index in [-0.39, 0.29) is 0 Å². The first-order chi connectivity index (χ1) is 18.2. The van der Waals surface area contributed by atoms with Gasteiger partial charge in [-0.2, -0.15) is 26.3 Å². The fourth-order valence-corrected chi connectivity index (χ4v) is 3.77. The van der Waals surface area contributed by atoms with Crippen molar-refractivity contribution < 1.29 is 87.7 Å². The van der Waals surface area contributed by atoms with Crippen LogP contribution in [0.2, 0.25) is 0 Å². The largest absolute Gasteiger partial charge is 0.746 e. The van der Waals surface area contributed by atoms with Crippen molar-refractivity contribution in [3.8, 4) is 0 Å². The van der Waals surface area contributed by atoms with Gasteiger partial charge < -0.3 is 9.04 Å². The Morgan fingerprint density at radius 2 is 0.854 bits per heavy atom. The number of hydrogen-bond acceptors (Lipinski definition) is 3. The van der Waals surface area contributed by atoms with Gasteiger partial charge in [-0.1, -0.05) is 0 Å². The van der Waals surface area contributed by atoms with Gasteiger partial charge in [-0.25, -0.2) is 52.3 Å². The first kappa shape index (κ1) is 41.9. The van der Waals surface area contributed by atoms with Crippen LogP contribution in [0.15, 0.2) is 0 Å². The third-order valence-electron chi connectivity index (χ3n) is 6.45. The molecule has 21 heteroatoms. The van der Waals surface area contributed by atoms with Crippen molar-refractivity contribution in [3.63, 3.8) is 0 Å². The van der Waals surface area contributed by atoms with Crippen LogP contribution in [0, 0.1) is 0 Å². The van der Waals surface area contributed by atoms with Gasteiger partial charge in [-0.3, -0.25) is 0 Å². The van der Waals surface area contributed by atoms with Gasteiger partial charge in [0.25, 0.3) is 11.9 Å². The van der Waals surface area contributed by atoms with Gasteiger partial charge in [0.15, 0.2) is 37.0 Å². The molecule has 8 unspecified atom stereocenters. The third kappa shape index (κ3) is 9.37. The summed E-state index contributed by atoms with van der Waals surface area (Å²) in [6, 6.07) is 0. The molecule has 0 aliphatic heterocycles. The number of alkyl halides is 16. The zero-order valence-electron chi connectivity index (χ0n) is 21.7.